The van der Waals surface area contributed by atoms with Gasteiger partial charge in [-0.3, -0.25) is 13.9 Å². The van der Waals surface area contributed by atoms with Crippen molar-refractivity contribution >= 4 is 50.7 Å². The molecule has 0 aliphatic rings. The lowest BCUT2D eigenvalue weighted by Crippen LogP contribution is -2.52. The van der Waals surface area contributed by atoms with Gasteiger partial charge in [0.05, 0.1) is 29.1 Å². The number of hydrogen-bond acceptors (Lipinski definition) is 5. The molecule has 0 saturated carbocycles. The number of halogens is 2. The van der Waals surface area contributed by atoms with Crippen molar-refractivity contribution in [3.63, 3.8) is 0 Å². The molecule has 0 spiro atoms. The Hall–Kier alpha value is -2.49. The summed E-state index contributed by atoms with van der Waals surface area (Å²) in [7, 11) is -2.31. The van der Waals surface area contributed by atoms with Crippen molar-refractivity contribution in [2.75, 3.05) is 30.8 Å². The predicted octanol–water partition coefficient (Wildman–Crippen LogP) is 4.10. The number of ether oxygens (including phenoxy) is 1. The fraction of sp³-hybridized carbons (Fsp3) is 0.417. The maximum atomic E-state index is 13.6. The van der Waals surface area contributed by atoms with E-state index in [4.69, 9.17) is 27.9 Å². The third-order valence-electron chi connectivity index (χ3n) is 5.31. The van der Waals surface area contributed by atoms with Crippen LogP contribution in [0.25, 0.3) is 0 Å². The van der Waals surface area contributed by atoms with Crippen molar-refractivity contribution in [3.05, 3.63) is 58.1 Å². The number of anilines is 1. The molecule has 0 aliphatic heterocycles. The number of sulfonamides is 1. The van der Waals surface area contributed by atoms with Gasteiger partial charge in [0.2, 0.25) is 21.8 Å². The van der Waals surface area contributed by atoms with Gasteiger partial charge in [-0.15, -0.1) is 0 Å². The molecule has 0 aliphatic carbocycles. The largest absolute Gasteiger partial charge is 0.497 e. The van der Waals surface area contributed by atoms with Gasteiger partial charge < -0.3 is 15.0 Å². The van der Waals surface area contributed by atoms with E-state index in [0.29, 0.717) is 40.0 Å². The minimum atomic E-state index is -3.81. The van der Waals surface area contributed by atoms with E-state index in [9.17, 15) is 18.0 Å². The van der Waals surface area contributed by atoms with E-state index >= 15 is 0 Å². The number of nitrogens with zero attached hydrogens (tertiary/aromatic N) is 2. The number of hydrogen-bond donors (Lipinski definition) is 1. The maximum Gasteiger partial charge on any atom is 0.244 e. The predicted molar refractivity (Wildman–Crippen MR) is 140 cm³/mol. The Balaban J connectivity index is 2.43. The molecule has 8 nitrogen and oxygen atoms in total. The molecule has 0 fully saturated rings. The first-order chi connectivity index (χ1) is 16.5. The molecule has 0 bridgehead atoms. The molecule has 2 rings (SSSR count). The first-order valence-electron chi connectivity index (χ1n) is 11.1. The fourth-order valence-electron chi connectivity index (χ4n) is 3.48. The first kappa shape index (κ1) is 28.7. The van der Waals surface area contributed by atoms with E-state index in [2.05, 4.69) is 5.32 Å². The second-order valence-electron chi connectivity index (χ2n) is 7.95. The van der Waals surface area contributed by atoms with Gasteiger partial charge in [-0.05, 0) is 54.8 Å². The molecule has 0 aromatic heterocycles. The highest BCUT2D eigenvalue weighted by Gasteiger charge is 2.31. The molecule has 1 N–H and O–H groups in total. The minimum absolute atomic E-state index is 0.0496. The molecular formula is C24H31Cl2N3O5S. The Kier molecular flexibility index (Phi) is 10.7. The van der Waals surface area contributed by atoms with E-state index in [0.717, 1.165) is 17.0 Å². The molecule has 11 heteroatoms. The first-order valence-corrected chi connectivity index (χ1v) is 13.7. The average molecular weight is 545 g/mol. The van der Waals surface area contributed by atoms with E-state index in [-0.39, 0.29) is 12.5 Å². The molecular weight excluding hydrogens is 513 g/mol. The topological polar surface area (TPSA) is 96.0 Å². The molecule has 2 amide bonds. The summed E-state index contributed by atoms with van der Waals surface area (Å²) in [6, 6.07) is 10.5. The van der Waals surface area contributed by atoms with Gasteiger partial charge >= 0.3 is 0 Å². The number of methoxy groups -OCH3 is 1. The van der Waals surface area contributed by atoms with Crippen LogP contribution in [0.2, 0.25) is 10.0 Å². The third kappa shape index (κ3) is 8.02. The monoisotopic (exact) mass is 543 g/mol. The van der Waals surface area contributed by atoms with Crippen LogP contribution in [0, 0.1) is 0 Å². The van der Waals surface area contributed by atoms with Crippen molar-refractivity contribution < 1.29 is 22.7 Å². The molecule has 1 atom stereocenters. The van der Waals surface area contributed by atoms with Crippen LogP contribution in [0.3, 0.4) is 0 Å². The minimum Gasteiger partial charge on any atom is -0.497 e. The quantitative estimate of drug-likeness (QED) is 0.434. The highest BCUT2D eigenvalue weighted by Crippen LogP contribution is 2.25. The van der Waals surface area contributed by atoms with Crippen molar-refractivity contribution in [2.24, 2.45) is 0 Å². The number of benzene rings is 2. The van der Waals surface area contributed by atoms with Gasteiger partial charge in [0.15, 0.2) is 0 Å². The summed E-state index contributed by atoms with van der Waals surface area (Å²) in [6.45, 7) is 3.76. The highest BCUT2D eigenvalue weighted by atomic mass is 35.5. The number of amides is 2. The lowest BCUT2D eigenvalue weighted by atomic mass is 10.1. The highest BCUT2D eigenvalue weighted by molar-refractivity contribution is 7.92. The SMILES string of the molecule is CCCNC(=O)[C@H](CC)N(Cc1ccc(Cl)c(Cl)c1)C(=O)CN(c1ccc(OC)cc1)S(C)(=O)=O. The molecule has 2 aromatic rings. The molecule has 0 heterocycles. The van der Waals surface area contributed by atoms with Crippen molar-refractivity contribution in [2.45, 2.75) is 39.3 Å². The van der Waals surface area contributed by atoms with Crippen LogP contribution >= 0.6 is 23.2 Å². The molecule has 0 unspecified atom stereocenters. The summed E-state index contributed by atoms with van der Waals surface area (Å²) < 4.78 is 31.4. The Bertz CT molecular complexity index is 1130. The summed E-state index contributed by atoms with van der Waals surface area (Å²) in [6.07, 6.45) is 2.10. The molecule has 2 aromatic carbocycles. The van der Waals surface area contributed by atoms with Crippen LogP contribution in [-0.4, -0.2) is 57.6 Å². The number of nitrogens with one attached hydrogen (secondary N) is 1. The summed E-state index contributed by atoms with van der Waals surface area (Å²) in [5.74, 6) is -0.289. The zero-order chi connectivity index (χ0) is 26.2. The third-order valence-corrected chi connectivity index (χ3v) is 7.19. The van der Waals surface area contributed by atoms with Gasteiger partial charge in [-0.2, -0.15) is 0 Å². The number of carbonyl (C=O) groups excluding carboxylic acids is 2. The Morgan fingerprint density at radius 3 is 2.23 bits per heavy atom. The smallest absolute Gasteiger partial charge is 0.244 e. The molecule has 192 valence electrons. The van der Waals surface area contributed by atoms with Gasteiger partial charge in [-0.1, -0.05) is 43.1 Å². The summed E-state index contributed by atoms with van der Waals surface area (Å²) >= 11 is 12.2. The Labute approximate surface area is 217 Å². The lowest BCUT2D eigenvalue weighted by Gasteiger charge is -2.33. The van der Waals surface area contributed by atoms with Gasteiger partial charge in [-0.25, -0.2) is 8.42 Å². The summed E-state index contributed by atoms with van der Waals surface area (Å²) in [5, 5.41) is 3.51. The molecule has 0 radical (unpaired) electrons. The standard InChI is InChI=1S/C24H31Cl2N3O5S/c1-5-13-27-24(31)22(6-2)28(15-17-7-12-20(25)21(26)14-17)23(30)16-29(35(4,32)33)18-8-10-19(34-3)11-9-18/h7-12,14,22H,5-6,13,15-16H2,1-4H3,(H,27,31)/t22-/m0/s1. The number of rotatable bonds is 12. The van der Waals surface area contributed by atoms with Crippen LogP contribution in [0.4, 0.5) is 5.69 Å². The zero-order valence-electron chi connectivity index (χ0n) is 20.3. The van der Waals surface area contributed by atoms with Crippen molar-refractivity contribution in [3.8, 4) is 5.75 Å². The van der Waals surface area contributed by atoms with Crippen LogP contribution in [0.5, 0.6) is 5.75 Å². The van der Waals surface area contributed by atoms with Crippen LogP contribution in [0.1, 0.15) is 32.3 Å². The Morgan fingerprint density at radius 2 is 1.71 bits per heavy atom. The van der Waals surface area contributed by atoms with E-state index in [1.54, 1.807) is 49.4 Å². The van der Waals surface area contributed by atoms with Gasteiger partial charge in [0, 0.05) is 13.1 Å². The Morgan fingerprint density at radius 1 is 1.06 bits per heavy atom. The van der Waals surface area contributed by atoms with Gasteiger partial charge in [0.1, 0.15) is 18.3 Å². The van der Waals surface area contributed by atoms with Crippen LogP contribution < -0.4 is 14.4 Å². The van der Waals surface area contributed by atoms with E-state index in [1.165, 1.54) is 12.0 Å². The van der Waals surface area contributed by atoms with E-state index in [1.807, 2.05) is 6.92 Å². The lowest BCUT2D eigenvalue weighted by molar-refractivity contribution is -0.140. The normalized spacial score (nSPS) is 12.1. The van der Waals surface area contributed by atoms with Crippen LogP contribution in [-0.2, 0) is 26.2 Å². The average Bonchev–Trinajstić information content (AvgIpc) is 2.82. The van der Waals surface area contributed by atoms with Crippen LogP contribution in [0.15, 0.2) is 42.5 Å². The number of carbonyl (C=O) groups is 2. The summed E-state index contributed by atoms with van der Waals surface area (Å²) in [4.78, 5) is 27.9. The van der Waals surface area contributed by atoms with Crippen molar-refractivity contribution in [1.29, 1.82) is 0 Å². The molecule has 35 heavy (non-hydrogen) atoms. The maximum absolute atomic E-state index is 13.6. The van der Waals surface area contributed by atoms with Crippen molar-refractivity contribution in [1.82, 2.24) is 10.2 Å². The zero-order valence-corrected chi connectivity index (χ0v) is 22.6. The van der Waals surface area contributed by atoms with Gasteiger partial charge in [0.25, 0.3) is 0 Å². The second-order valence-corrected chi connectivity index (χ2v) is 10.7. The second kappa shape index (κ2) is 13.0. The fourth-order valence-corrected chi connectivity index (χ4v) is 4.65. The summed E-state index contributed by atoms with van der Waals surface area (Å²) in [5.41, 5.74) is 0.962. The molecule has 0 saturated heterocycles. The van der Waals surface area contributed by atoms with E-state index < -0.39 is 28.5 Å².